The summed E-state index contributed by atoms with van der Waals surface area (Å²) in [6.45, 7) is 4.89. The van der Waals surface area contributed by atoms with E-state index in [9.17, 15) is 0 Å². The molecule has 0 saturated carbocycles. The third-order valence-electron chi connectivity index (χ3n) is 1.59. The summed E-state index contributed by atoms with van der Waals surface area (Å²) in [4.78, 5) is 1.90. The highest BCUT2D eigenvalue weighted by molar-refractivity contribution is 5.49. The monoisotopic (exact) mass is 171 g/mol. The van der Waals surface area contributed by atoms with Gasteiger partial charge in [-0.15, -0.1) is 0 Å². The average molecular weight is 171 g/mol. The summed E-state index contributed by atoms with van der Waals surface area (Å²) in [5, 5.41) is 8.55. The Bertz CT molecular complexity index is 155. The number of rotatable bonds is 6. The highest BCUT2D eigenvalue weighted by Crippen LogP contribution is 1.86. The zero-order chi connectivity index (χ0) is 9.40. The maximum Gasteiger partial charge on any atom is 0.238 e. The molecular formula is C9H19N2O+. The molecule has 0 radical (unpaired) electrons. The first-order valence-electron chi connectivity index (χ1n) is 4.21. The second-order valence-electron chi connectivity index (χ2n) is 2.87. The van der Waals surface area contributed by atoms with Crippen molar-refractivity contribution in [2.24, 2.45) is 0 Å². The number of aliphatic hydroxyl groups excluding tert-OH is 1. The maximum atomic E-state index is 8.55. The first-order valence-corrected chi connectivity index (χ1v) is 4.21. The van der Waals surface area contributed by atoms with Crippen molar-refractivity contribution < 1.29 is 9.68 Å². The average Bonchev–Trinajstić information content (AvgIpc) is 2.05. The van der Waals surface area contributed by atoms with Gasteiger partial charge in [0.2, 0.25) is 6.34 Å². The molecule has 0 bridgehead atoms. The van der Waals surface area contributed by atoms with E-state index in [0.717, 1.165) is 19.4 Å². The van der Waals surface area contributed by atoms with Crippen LogP contribution >= 0.6 is 0 Å². The maximum absolute atomic E-state index is 8.55. The van der Waals surface area contributed by atoms with Crippen LogP contribution in [0.15, 0.2) is 12.8 Å². The predicted octanol–water partition coefficient (Wildman–Crippen LogP) is 0.505. The van der Waals surface area contributed by atoms with Gasteiger partial charge in [0, 0.05) is 6.61 Å². The molecule has 3 heteroatoms. The molecule has 12 heavy (non-hydrogen) atoms. The van der Waals surface area contributed by atoms with Gasteiger partial charge in [0.15, 0.2) is 0 Å². The molecule has 0 heterocycles. The van der Waals surface area contributed by atoms with Crippen LogP contribution in [-0.2, 0) is 0 Å². The summed E-state index contributed by atoms with van der Waals surface area (Å²) >= 11 is 0. The summed E-state index contributed by atoms with van der Waals surface area (Å²) in [6.07, 6.45) is 5.62. The molecule has 0 aromatic heterocycles. The molecule has 0 aromatic carbocycles. The Labute approximate surface area is 74.6 Å². The van der Waals surface area contributed by atoms with Crippen LogP contribution in [0.5, 0.6) is 0 Å². The summed E-state index contributed by atoms with van der Waals surface area (Å²) in [7, 11) is 3.95. The summed E-state index contributed by atoms with van der Waals surface area (Å²) in [5.41, 5.74) is 0. The Kier molecular flexibility index (Phi) is 6.38. The van der Waals surface area contributed by atoms with E-state index in [1.165, 1.54) is 0 Å². The van der Waals surface area contributed by atoms with Crippen molar-refractivity contribution in [3.63, 3.8) is 0 Å². The standard InChI is InChI=1S/C9H19N2O/c1-4-10(2)9-11(3)7-5-6-8-12/h4,9,12H,1,5-8H2,2-3H3/q+1. The molecule has 0 fully saturated rings. The highest BCUT2D eigenvalue weighted by atomic mass is 16.2. The molecule has 0 unspecified atom stereocenters. The predicted molar refractivity (Wildman–Crippen MR) is 51.4 cm³/mol. The number of aliphatic hydroxyl groups is 1. The number of nitrogens with zero attached hydrogens (tertiary/aromatic N) is 2. The smallest absolute Gasteiger partial charge is 0.238 e. The first kappa shape index (κ1) is 11.2. The quantitative estimate of drug-likeness (QED) is 0.273. The van der Waals surface area contributed by atoms with Gasteiger partial charge in [-0.1, -0.05) is 6.58 Å². The van der Waals surface area contributed by atoms with Gasteiger partial charge in [-0.05, 0) is 12.8 Å². The van der Waals surface area contributed by atoms with Crippen LogP contribution in [0.2, 0.25) is 0 Å². The summed E-state index contributed by atoms with van der Waals surface area (Å²) in [5.74, 6) is 0. The SMILES string of the molecule is C=CN(C)C=[N+](C)CCCCO. The van der Waals surface area contributed by atoms with E-state index in [1.807, 2.05) is 25.3 Å². The highest BCUT2D eigenvalue weighted by Gasteiger charge is 1.95. The normalized spacial score (nSPS) is 11.4. The van der Waals surface area contributed by atoms with Gasteiger partial charge in [-0.2, -0.15) is 0 Å². The van der Waals surface area contributed by atoms with Gasteiger partial charge in [-0.3, -0.25) is 4.58 Å². The van der Waals surface area contributed by atoms with E-state index in [-0.39, 0.29) is 6.61 Å². The lowest BCUT2D eigenvalue weighted by molar-refractivity contribution is -0.497. The van der Waals surface area contributed by atoms with Gasteiger partial charge in [0.1, 0.15) is 0 Å². The molecule has 0 amide bonds. The zero-order valence-electron chi connectivity index (χ0n) is 8.03. The number of hydrogen-bond donors (Lipinski definition) is 1. The summed E-state index contributed by atoms with van der Waals surface area (Å²) < 4.78 is 2.08. The van der Waals surface area contributed by atoms with Crippen LogP contribution in [0.25, 0.3) is 0 Å². The van der Waals surface area contributed by atoms with E-state index < -0.39 is 0 Å². The third-order valence-corrected chi connectivity index (χ3v) is 1.59. The Balaban J connectivity index is 3.62. The van der Waals surface area contributed by atoms with Crippen LogP contribution in [0, 0.1) is 0 Å². The molecule has 0 atom stereocenters. The van der Waals surface area contributed by atoms with Gasteiger partial charge < -0.3 is 5.11 Å². The van der Waals surface area contributed by atoms with E-state index in [0.29, 0.717) is 0 Å². The van der Waals surface area contributed by atoms with E-state index in [4.69, 9.17) is 5.11 Å². The molecule has 0 aliphatic rings. The van der Waals surface area contributed by atoms with Crippen LogP contribution in [0.3, 0.4) is 0 Å². The van der Waals surface area contributed by atoms with E-state index in [1.54, 1.807) is 6.20 Å². The molecule has 0 aromatic rings. The van der Waals surface area contributed by atoms with Crippen LogP contribution in [0.4, 0.5) is 0 Å². The second kappa shape index (κ2) is 6.85. The Morgan fingerprint density at radius 2 is 2.17 bits per heavy atom. The van der Waals surface area contributed by atoms with E-state index in [2.05, 4.69) is 11.2 Å². The van der Waals surface area contributed by atoms with Crippen molar-refractivity contribution in [1.29, 1.82) is 0 Å². The fraction of sp³-hybridized carbons (Fsp3) is 0.667. The molecule has 0 saturated heterocycles. The molecular weight excluding hydrogens is 152 g/mol. The van der Waals surface area contributed by atoms with Crippen molar-refractivity contribution in [1.82, 2.24) is 4.90 Å². The van der Waals surface area contributed by atoms with Crippen LogP contribution in [0.1, 0.15) is 12.8 Å². The second-order valence-corrected chi connectivity index (χ2v) is 2.87. The van der Waals surface area contributed by atoms with Crippen molar-refractivity contribution in [3.05, 3.63) is 12.8 Å². The van der Waals surface area contributed by atoms with Crippen LogP contribution in [-0.4, -0.2) is 48.2 Å². The van der Waals surface area contributed by atoms with Gasteiger partial charge in [0.05, 0.1) is 26.8 Å². The first-order chi connectivity index (χ1) is 5.70. The Morgan fingerprint density at radius 1 is 1.50 bits per heavy atom. The van der Waals surface area contributed by atoms with Crippen molar-refractivity contribution in [3.8, 4) is 0 Å². The minimum atomic E-state index is 0.283. The minimum absolute atomic E-state index is 0.283. The molecule has 70 valence electrons. The zero-order valence-corrected chi connectivity index (χ0v) is 8.03. The van der Waals surface area contributed by atoms with Gasteiger partial charge in [0.25, 0.3) is 0 Å². The molecule has 0 spiro atoms. The molecule has 0 aliphatic heterocycles. The van der Waals surface area contributed by atoms with Gasteiger partial charge in [-0.25, -0.2) is 4.90 Å². The molecule has 0 rings (SSSR count). The lowest BCUT2D eigenvalue weighted by Gasteiger charge is -2.03. The largest absolute Gasteiger partial charge is 0.396 e. The Hall–Kier alpha value is -0.830. The molecule has 1 N–H and O–H groups in total. The molecule has 3 nitrogen and oxygen atoms in total. The van der Waals surface area contributed by atoms with Crippen molar-refractivity contribution in [2.45, 2.75) is 12.8 Å². The fourth-order valence-electron chi connectivity index (χ4n) is 0.889. The summed E-state index contributed by atoms with van der Waals surface area (Å²) in [6, 6.07) is 0. The lowest BCUT2D eigenvalue weighted by Crippen LogP contribution is -2.19. The topological polar surface area (TPSA) is 26.5 Å². The van der Waals surface area contributed by atoms with Crippen molar-refractivity contribution >= 4 is 6.34 Å². The lowest BCUT2D eigenvalue weighted by atomic mass is 10.3. The fourth-order valence-corrected chi connectivity index (χ4v) is 0.889. The van der Waals surface area contributed by atoms with Gasteiger partial charge >= 0.3 is 0 Å². The Morgan fingerprint density at radius 3 is 2.67 bits per heavy atom. The third kappa shape index (κ3) is 5.92. The van der Waals surface area contributed by atoms with E-state index >= 15 is 0 Å². The molecule has 0 aliphatic carbocycles. The minimum Gasteiger partial charge on any atom is -0.396 e. The number of hydrogen-bond acceptors (Lipinski definition) is 1. The van der Waals surface area contributed by atoms with Crippen LogP contribution < -0.4 is 0 Å². The number of unbranched alkanes of at least 4 members (excludes halogenated alkanes) is 1. The van der Waals surface area contributed by atoms with Crippen molar-refractivity contribution in [2.75, 3.05) is 27.2 Å².